The number of fused-ring (bicyclic) bond motifs is 6. The lowest BCUT2D eigenvalue weighted by atomic mass is 9.49. The summed E-state index contributed by atoms with van der Waals surface area (Å²) >= 11 is 0. The van der Waals surface area contributed by atoms with Crippen molar-refractivity contribution in [2.45, 2.75) is 57.5 Å². The van der Waals surface area contributed by atoms with Crippen molar-refractivity contribution in [2.24, 2.45) is 40.2 Å². The molecule has 5 aliphatic rings. The average Bonchev–Trinajstić information content (AvgIpc) is 3.21. The zero-order valence-corrected chi connectivity index (χ0v) is 15.9. The van der Waals surface area contributed by atoms with E-state index in [4.69, 9.17) is 4.74 Å². The number of hydrogen-bond acceptors (Lipinski definition) is 5. The number of carbonyl (C=O) groups excluding carboxylic acids is 1. The highest BCUT2D eigenvalue weighted by Gasteiger charge is 2.65. The van der Waals surface area contributed by atoms with E-state index in [1.54, 1.807) is 6.08 Å². The van der Waals surface area contributed by atoms with Gasteiger partial charge in [-0.1, -0.05) is 17.7 Å². The van der Waals surface area contributed by atoms with Crippen LogP contribution in [-0.4, -0.2) is 34.2 Å². The van der Waals surface area contributed by atoms with E-state index in [0.717, 1.165) is 50.7 Å². The summed E-state index contributed by atoms with van der Waals surface area (Å²) in [5.41, 5.74) is 1.65. The number of aliphatic hydroxyl groups is 1. The molecule has 7 atom stereocenters. The minimum absolute atomic E-state index is 0.00440. The first-order valence-electron chi connectivity index (χ1n) is 10.5. The summed E-state index contributed by atoms with van der Waals surface area (Å²) in [6, 6.07) is 0. The summed E-state index contributed by atoms with van der Waals surface area (Å²) in [5, 5.41) is 22.7. The predicted molar refractivity (Wildman–Crippen MR) is 100 cm³/mol. The molecule has 4 unspecified atom stereocenters. The lowest BCUT2D eigenvalue weighted by Crippen LogP contribution is -2.53. The van der Waals surface area contributed by atoms with Gasteiger partial charge in [-0.25, -0.2) is 4.79 Å². The van der Waals surface area contributed by atoms with Crippen LogP contribution in [0.4, 0.5) is 0 Å². The number of allylic oxidation sites excluding steroid dienone is 1. The Balaban J connectivity index is 1.49. The number of esters is 1. The van der Waals surface area contributed by atoms with Crippen molar-refractivity contribution in [3.05, 3.63) is 23.8 Å². The van der Waals surface area contributed by atoms with E-state index in [-0.39, 0.29) is 23.9 Å². The number of oxime groups is 1. The summed E-state index contributed by atoms with van der Waals surface area (Å²) in [7, 11) is 0. The summed E-state index contributed by atoms with van der Waals surface area (Å²) in [6.45, 7) is 2.49. The first-order chi connectivity index (χ1) is 13.0. The van der Waals surface area contributed by atoms with Gasteiger partial charge in [-0.05, 0) is 80.8 Å². The van der Waals surface area contributed by atoms with Gasteiger partial charge in [0.1, 0.15) is 5.60 Å². The second kappa shape index (κ2) is 5.94. The van der Waals surface area contributed by atoms with Gasteiger partial charge in [-0.3, -0.25) is 0 Å². The van der Waals surface area contributed by atoms with Crippen LogP contribution >= 0.6 is 0 Å². The lowest BCUT2D eigenvalue weighted by molar-refractivity contribution is -0.161. The van der Waals surface area contributed by atoms with Gasteiger partial charge in [0.2, 0.25) is 0 Å². The Hall–Kier alpha value is -1.62. The van der Waals surface area contributed by atoms with Crippen LogP contribution in [-0.2, 0) is 9.53 Å². The SMILES string of the molecule is C[C@]12CCC3C(CC(CO)C4=C/C(=N/O)CC[C@@H]43)C1CC[C@@]21C=CC(=O)O1. The molecule has 27 heavy (non-hydrogen) atoms. The quantitative estimate of drug-likeness (QED) is 0.420. The highest BCUT2D eigenvalue weighted by molar-refractivity contribution is 5.96. The molecule has 146 valence electrons. The Labute approximate surface area is 160 Å². The predicted octanol–water partition coefficient (Wildman–Crippen LogP) is 3.46. The van der Waals surface area contributed by atoms with Gasteiger partial charge in [0, 0.05) is 24.0 Å². The van der Waals surface area contributed by atoms with Gasteiger partial charge in [0.25, 0.3) is 0 Å². The molecule has 3 fully saturated rings. The van der Waals surface area contributed by atoms with Crippen LogP contribution in [0, 0.1) is 35.0 Å². The van der Waals surface area contributed by atoms with Gasteiger partial charge in [-0.15, -0.1) is 0 Å². The topological polar surface area (TPSA) is 79.1 Å². The smallest absolute Gasteiger partial charge is 0.331 e. The maximum atomic E-state index is 11.9. The molecule has 5 rings (SSSR count). The fourth-order valence-electron chi connectivity index (χ4n) is 7.53. The molecule has 0 radical (unpaired) electrons. The number of hydrogen-bond donors (Lipinski definition) is 2. The molecule has 1 aliphatic heterocycles. The summed E-state index contributed by atoms with van der Waals surface area (Å²) < 4.78 is 5.90. The lowest BCUT2D eigenvalue weighted by Gasteiger charge is -2.56. The average molecular weight is 371 g/mol. The Morgan fingerprint density at radius 3 is 2.81 bits per heavy atom. The number of carbonyl (C=O) groups is 1. The fraction of sp³-hybridized carbons (Fsp3) is 0.727. The van der Waals surface area contributed by atoms with Crippen molar-refractivity contribution in [1.29, 1.82) is 0 Å². The molecule has 0 aromatic carbocycles. The first kappa shape index (κ1) is 17.5. The highest BCUT2D eigenvalue weighted by Crippen LogP contribution is 2.67. The minimum Gasteiger partial charge on any atom is -0.451 e. The van der Waals surface area contributed by atoms with Crippen molar-refractivity contribution >= 4 is 11.7 Å². The maximum absolute atomic E-state index is 11.9. The Bertz CT molecular complexity index is 755. The van der Waals surface area contributed by atoms with Gasteiger partial charge < -0.3 is 15.1 Å². The van der Waals surface area contributed by atoms with E-state index in [0.29, 0.717) is 23.7 Å². The third kappa shape index (κ3) is 2.27. The van der Waals surface area contributed by atoms with Gasteiger partial charge >= 0.3 is 5.97 Å². The summed E-state index contributed by atoms with van der Waals surface area (Å²) in [5.74, 6) is 2.21. The van der Waals surface area contributed by atoms with E-state index in [9.17, 15) is 15.1 Å². The monoisotopic (exact) mass is 371 g/mol. The van der Waals surface area contributed by atoms with Crippen LogP contribution in [0.1, 0.15) is 51.9 Å². The van der Waals surface area contributed by atoms with Crippen molar-refractivity contribution in [3.8, 4) is 0 Å². The second-order valence-corrected chi connectivity index (χ2v) is 9.57. The molecule has 1 heterocycles. The summed E-state index contributed by atoms with van der Waals surface area (Å²) in [6.07, 6.45) is 12.8. The molecule has 5 heteroatoms. The molecule has 5 nitrogen and oxygen atoms in total. The molecule has 0 amide bonds. The van der Waals surface area contributed by atoms with Crippen LogP contribution in [0.15, 0.2) is 29.0 Å². The third-order valence-corrected chi connectivity index (χ3v) is 8.81. The van der Waals surface area contributed by atoms with Crippen LogP contribution < -0.4 is 0 Å². The molecule has 3 saturated carbocycles. The highest BCUT2D eigenvalue weighted by atomic mass is 16.6. The molecular weight excluding hydrogens is 342 g/mol. The molecule has 0 saturated heterocycles. The van der Waals surface area contributed by atoms with Crippen molar-refractivity contribution in [1.82, 2.24) is 0 Å². The van der Waals surface area contributed by atoms with E-state index in [2.05, 4.69) is 18.2 Å². The van der Waals surface area contributed by atoms with Crippen molar-refractivity contribution in [2.75, 3.05) is 6.61 Å². The van der Waals surface area contributed by atoms with E-state index < -0.39 is 5.60 Å². The van der Waals surface area contributed by atoms with Gasteiger partial charge in [-0.2, -0.15) is 0 Å². The minimum atomic E-state index is -0.409. The number of rotatable bonds is 1. The third-order valence-electron chi connectivity index (χ3n) is 8.81. The van der Waals surface area contributed by atoms with Crippen LogP contribution in [0.2, 0.25) is 0 Å². The number of aliphatic hydroxyl groups excluding tert-OH is 1. The summed E-state index contributed by atoms with van der Waals surface area (Å²) in [4.78, 5) is 11.9. The second-order valence-electron chi connectivity index (χ2n) is 9.57. The fourth-order valence-corrected chi connectivity index (χ4v) is 7.53. The molecule has 4 aliphatic carbocycles. The Morgan fingerprint density at radius 2 is 2.11 bits per heavy atom. The molecule has 1 spiro atoms. The van der Waals surface area contributed by atoms with E-state index in [1.165, 1.54) is 5.57 Å². The molecule has 0 aromatic rings. The normalized spacial score (nSPS) is 49.6. The molecule has 0 bridgehead atoms. The van der Waals surface area contributed by atoms with Gasteiger partial charge in [0.05, 0.1) is 5.71 Å². The van der Waals surface area contributed by atoms with Crippen LogP contribution in [0.25, 0.3) is 0 Å². The van der Waals surface area contributed by atoms with E-state index in [1.807, 2.05) is 6.08 Å². The van der Waals surface area contributed by atoms with Crippen molar-refractivity contribution < 1.29 is 19.8 Å². The zero-order valence-electron chi connectivity index (χ0n) is 15.9. The van der Waals surface area contributed by atoms with Crippen LogP contribution in [0.3, 0.4) is 0 Å². The van der Waals surface area contributed by atoms with E-state index >= 15 is 0 Å². The zero-order chi connectivity index (χ0) is 18.8. The molecule has 0 aromatic heterocycles. The van der Waals surface area contributed by atoms with Crippen LogP contribution in [0.5, 0.6) is 0 Å². The maximum Gasteiger partial charge on any atom is 0.331 e. The Kier molecular flexibility index (Phi) is 3.84. The molecule has 2 N–H and O–H groups in total. The molecular formula is C22H29NO4. The first-order valence-corrected chi connectivity index (χ1v) is 10.5. The largest absolute Gasteiger partial charge is 0.451 e. The number of nitrogens with zero attached hydrogens (tertiary/aromatic N) is 1. The van der Waals surface area contributed by atoms with Gasteiger partial charge in [0.15, 0.2) is 0 Å². The number of ether oxygens (including phenoxy) is 1. The van der Waals surface area contributed by atoms with Crippen molar-refractivity contribution in [3.63, 3.8) is 0 Å². The Morgan fingerprint density at radius 1 is 1.26 bits per heavy atom. The standard InChI is InChI=1S/C22H29NO4/c1-21-7-4-16-15-3-2-14(23-26)11-17(15)13(12-24)10-18(16)19(21)5-8-22(21)9-6-20(25)27-22/h6,9,11,13,15-16,18-19,24,26H,2-5,7-8,10,12H2,1H3/b23-14+/t13?,15-,16?,18?,19?,21+,22-/m1/s1.